The van der Waals surface area contributed by atoms with Crippen LogP contribution >= 0.6 is 23.2 Å². The van der Waals surface area contributed by atoms with Gasteiger partial charge in [-0.1, -0.05) is 17.7 Å². The Bertz CT molecular complexity index is 1330. The van der Waals surface area contributed by atoms with Crippen molar-refractivity contribution in [3.8, 4) is 22.7 Å². The molecule has 0 unspecified atom stereocenters. The maximum Gasteiger partial charge on any atom is 0.417 e. The molecular formula is C24H17Cl2F3N2O2. The number of carbonyl (C=O) groups is 1. The molecule has 0 aliphatic carbocycles. The minimum atomic E-state index is -4.47. The molecule has 0 radical (unpaired) electrons. The van der Waals surface area contributed by atoms with E-state index in [0.717, 1.165) is 12.3 Å². The third-order valence-electron chi connectivity index (χ3n) is 4.94. The first-order valence-corrected chi connectivity index (χ1v) is 10.7. The summed E-state index contributed by atoms with van der Waals surface area (Å²) in [6.07, 6.45) is -3.68. The monoisotopic (exact) mass is 492 g/mol. The minimum Gasteiger partial charge on any atom is -0.491 e. The first-order valence-electron chi connectivity index (χ1n) is 9.90. The molecule has 170 valence electrons. The summed E-state index contributed by atoms with van der Waals surface area (Å²) in [5, 5.41) is -0.0865. The van der Waals surface area contributed by atoms with Gasteiger partial charge in [0.25, 0.3) is 5.24 Å². The number of alkyl halides is 3. The molecule has 0 bridgehead atoms. The number of nitrogens with zero attached hydrogens (tertiary/aromatic N) is 2. The van der Waals surface area contributed by atoms with Crippen LogP contribution in [-0.2, 0) is 6.18 Å². The molecule has 0 fully saturated rings. The molecule has 0 saturated heterocycles. The zero-order valence-corrected chi connectivity index (χ0v) is 19.0. The summed E-state index contributed by atoms with van der Waals surface area (Å²) in [4.78, 5) is 16.2. The van der Waals surface area contributed by atoms with Crippen LogP contribution in [0.3, 0.4) is 0 Å². The molecule has 0 amide bonds. The summed E-state index contributed by atoms with van der Waals surface area (Å²) in [5.74, 6) is 0.672. The predicted octanol–water partition coefficient (Wildman–Crippen LogP) is 7.53. The minimum absolute atomic E-state index is 0.00918. The van der Waals surface area contributed by atoms with E-state index < -0.39 is 17.0 Å². The Hall–Kier alpha value is -3.03. The Morgan fingerprint density at radius 3 is 2.30 bits per heavy atom. The number of fused-ring (bicyclic) bond motifs is 1. The quantitative estimate of drug-likeness (QED) is 0.270. The summed E-state index contributed by atoms with van der Waals surface area (Å²) in [7, 11) is 0. The van der Waals surface area contributed by atoms with Gasteiger partial charge in [0.05, 0.1) is 27.9 Å². The highest BCUT2D eigenvalue weighted by atomic mass is 35.5. The van der Waals surface area contributed by atoms with Gasteiger partial charge in [0, 0.05) is 22.8 Å². The lowest BCUT2D eigenvalue weighted by molar-refractivity contribution is -0.137. The average Bonchev–Trinajstić information content (AvgIpc) is 3.05. The average molecular weight is 493 g/mol. The van der Waals surface area contributed by atoms with Crippen molar-refractivity contribution in [3.05, 3.63) is 77.1 Å². The van der Waals surface area contributed by atoms with Crippen molar-refractivity contribution >= 4 is 39.3 Å². The van der Waals surface area contributed by atoms with Gasteiger partial charge in [0.1, 0.15) is 11.4 Å². The molecule has 4 nitrogen and oxygen atoms in total. The highest BCUT2D eigenvalue weighted by Gasteiger charge is 2.30. The Kier molecular flexibility index (Phi) is 6.12. The van der Waals surface area contributed by atoms with E-state index in [1.807, 2.05) is 13.8 Å². The Morgan fingerprint density at radius 2 is 1.76 bits per heavy atom. The lowest BCUT2D eigenvalue weighted by Crippen LogP contribution is -2.06. The van der Waals surface area contributed by atoms with Crippen LogP contribution in [0.5, 0.6) is 5.75 Å². The summed E-state index contributed by atoms with van der Waals surface area (Å²) in [5.41, 5.74) is 1.39. The van der Waals surface area contributed by atoms with E-state index in [1.165, 1.54) is 6.07 Å². The summed E-state index contributed by atoms with van der Waals surface area (Å²) < 4.78 is 45.8. The van der Waals surface area contributed by atoms with Gasteiger partial charge in [0.2, 0.25) is 0 Å². The van der Waals surface area contributed by atoms with E-state index >= 15 is 0 Å². The van der Waals surface area contributed by atoms with Crippen LogP contribution in [0.25, 0.3) is 27.8 Å². The van der Waals surface area contributed by atoms with Crippen LogP contribution in [0.15, 0.2) is 60.8 Å². The number of hydrogen-bond donors (Lipinski definition) is 0. The topological polar surface area (TPSA) is 44.1 Å². The normalized spacial score (nSPS) is 11.9. The third-order valence-corrected chi connectivity index (χ3v) is 5.51. The van der Waals surface area contributed by atoms with Gasteiger partial charge in [0.15, 0.2) is 0 Å². The van der Waals surface area contributed by atoms with Crippen molar-refractivity contribution in [1.82, 2.24) is 9.55 Å². The first-order chi connectivity index (χ1) is 15.6. The predicted molar refractivity (Wildman–Crippen MR) is 122 cm³/mol. The van der Waals surface area contributed by atoms with Crippen LogP contribution in [0.1, 0.15) is 29.9 Å². The standard InChI is InChI=1S/C24H17Cl2F3N2O2/c1-13(2)33-17-7-5-16(6-8-17)31-20-10-3-14(11-18(20)21(25)22(31)23(26)32)19-9-4-15(12-30-19)24(27,28)29/h3-13H,1-2H3. The number of carbonyl (C=O) groups excluding carboxylic acids is 1. The number of rotatable bonds is 5. The molecule has 9 heteroatoms. The van der Waals surface area contributed by atoms with E-state index in [9.17, 15) is 18.0 Å². The number of halogens is 5. The fourth-order valence-electron chi connectivity index (χ4n) is 3.53. The second-order valence-corrected chi connectivity index (χ2v) is 8.32. The maximum atomic E-state index is 12.8. The zero-order valence-electron chi connectivity index (χ0n) is 17.5. The number of hydrogen-bond acceptors (Lipinski definition) is 3. The Labute approximate surface area is 197 Å². The second kappa shape index (κ2) is 8.72. The summed E-state index contributed by atoms with van der Waals surface area (Å²) in [6.45, 7) is 3.83. The maximum absolute atomic E-state index is 12.8. The largest absolute Gasteiger partial charge is 0.491 e. The van der Waals surface area contributed by atoms with Crippen LogP contribution in [0, 0.1) is 0 Å². The molecule has 0 N–H and O–H groups in total. The van der Waals surface area contributed by atoms with E-state index in [2.05, 4.69) is 4.98 Å². The smallest absolute Gasteiger partial charge is 0.417 e. The van der Waals surface area contributed by atoms with Crippen molar-refractivity contribution in [2.75, 3.05) is 0 Å². The van der Waals surface area contributed by atoms with E-state index in [1.54, 1.807) is 47.0 Å². The third kappa shape index (κ3) is 4.56. The molecule has 0 aliphatic heterocycles. The fourth-order valence-corrected chi connectivity index (χ4v) is 4.08. The van der Waals surface area contributed by atoms with Gasteiger partial charge >= 0.3 is 6.18 Å². The molecular weight excluding hydrogens is 476 g/mol. The molecule has 2 heterocycles. The van der Waals surface area contributed by atoms with Crippen molar-refractivity contribution in [2.24, 2.45) is 0 Å². The molecule has 0 atom stereocenters. The first kappa shape index (κ1) is 23.1. The number of pyridine rings is 1. The number of benzene rings is 2. The molecule has 2 aromatic carbocycles. The molecule has 2 aromatic heterocycles. The van der Waals surface area contributed by atoms with Crippen molar-refractivity contribution in [1.29, 1.82) is 0 Å². The summed E-state index contributed by atoms with van der Waals surface area (Å²) in [6, 6.07) is 14.5. The van der Waals surface area contributed by atoms with Gasteiger partial charge in [-0.2, -0.15) is 13.2 Å². The highest BCUT2D eigenvalue weighted by molar-refractivity contribution is 6.69. The van der Waals surface area contributed by atoms with Crippen LogP contribution < -0.4 is 4.74 Å². The van der Waals surface area contributed by atoms with E-state index in [4.69, 9.17) is 27.9 Å². The highest BCUT2D eigenvalue weighted by Crippen LogP contribution is 2.37. The molecule has 0 saturated carbocycles. The van der Waals surface area contributed by atoms with Gasteiger partial charge in [-0.15, -0.1) is 0 Å². The second-order valence-electron chi connectivity index (χ2n) is 7.59. The van der Waals surface area contributed by atoms with Gasteiger partial charge in [-0.05, 0) is 74.0 Å². The Balaban J connectivity index is 1.82. The van der Waals surface area contributed by atoms with E-state index in [0.29, 0.717) is 33.6 Å². The van der Waals surface area contributed by atoms with Crippen LogP contribution in [0.4, 0.5) is 13.2 Å². The molecule has 4 rings (SSSR count). The Morgan fingerprint density at radius 1 is 1.06 bits per heavy atom. The van der Waals surface area contributed by atoms with E-state index in [-0.39, 0.29) is 16.8 Å². The zero-order chi connectivity index (χ0) is 23.9. The number of aromatic nitrogens is 2. The number of ether oxygens (including phenoxy) is 1. The van der Waals surface area contributed by atoms with Gasteiger partial charge in [-0.25, -0.2) is 0 Å². The van der Waals surface area contributed by atoms with Crippen LogP contribution in [-0.4, -0.2) is 20.9 Å². The van der Waals surface area contributed by atoms with Crippen molar-refractivity contribution in [3.63, 3.8) is 0 Å². The molecule has 33 heavy (non-hydrogen) atoms. The molecule has 4 aromatic rings. The van der Waals surface area contributed by atoms with Gasteiger partial charge in [-0.3, -0.25) is 9.78 Å². The fraction of sp³-hybridized carbons (Fsp3) is 0.167. The lowest BCUT2D eigenvalue weighted by Gasteiger charge is -2.12. The van der Waals surface area contributed by atoms with Crippen molar-refractivity contribution < 1.29 is 22.7 Å². The summed E-state index contributed by atoms with van der Waals surface area (Å²) >= 11 is 12.4. The van der Waals surface area contributed by atoms with Crippen LogP contribution in [0.2, 0.25) is 5.02 Å². The molecule has 0 spiro atoms. The molecule has 0 aliphatic rings. The van der Waals surface area contributed by atoms with Gasteiger partial charge < -0.3 is 9.30 Å². The lowest BCUT2D eigenvalue weighted by atomic mass is 10.1. The van der Waals surface area contributed by atoms with Crippen molar-refractivity contribution in [2.45, 2.75) is 26.1 Å². The SMILES string of the molecule is CC(C)Oc1ccc(-n2c(C(=O)Cl)c(Cl)c3cc(-c4ccc(C(F)(F)F)cn4)ccc32)cc1.